The molecule has 0 aromatic carbocycles. The lowest BCUT2D eigenvalue weighted by Gasteiger charge is -2.32. The van der Waals surface area contributed by atoms with E-state index in [0.717, 1.165) is 49.7 Å². The SMILES string of the molecule is Cc1noc(C)c1CN1C[C@@H](OCc2ccccn2)[C@H]2OCCC[C@H]21. The van der Waals surface area contributed by atoms with Gasteiger partial charge in [0.1, 0.15) is 11.9 Å². The fourth-order valence-corrected chi connectivity index (χ4v) is 3.94. The number of nitrogens with zero attached hydrogens (tertiary/aromatic N) is 3. The largest absolute Gasteiger partial charge is 0.374 e. The van der Waals surface area contributed by atoms with Crippen LogP contribution in [-0.4, -0.2) is 46.4 Å². The summed E-state index contributed by atoms with van der Waals surface area (Å²) in [5, 5.41) is 4.08. The zero-order valence-electron chi connectivity index (χ0n) is 14.9. The Hall–Kier alpha value is -1.76. The second-order valence-electron chi connectivity index (χ2n) is 6.95. The molecule has 134 valence electrons. The summed E-state index contributed by atoms with van der Waals surface area (Å²) in [5.41, 5.74) is 3.12. The van der Waals surface area contributed by atoms with Gasteiger partial charge in [0.05, 0.1) is 24.1 Å². The van der Waals surface area contributed by atoms with Gasteiger partial charge < -0.3 is 14.0 Å². The molecule has 2 aliphatic rings. The van der Waals surface area contributed by atoms with Gasteiger partial charge in [0.2, 0.25) is 0 Å². The molecular formula is C19H25N3O3. The maximum Gasteiger partial charge on any atom is 0.138 e. The third-order valence-electron chi connectivity index (χ3n) is 5.30. The predicted molar refractivity (Wildman–Crippen MR) is 92.0 cm³/mol. The lowest BCUT2D eigenvalue weighted by atomic mass is 10.0. The monoisotopic (exact) mass is 343 g/mol. The van der Waals surface area contributed by atoms with Gasteiger partial charge in [-0.25, -0.2) is 0 Å². The lowest BCUT2D eigenvalue weighted by molar-refractivity contribution is -0.0824. The molecule has 0 spiro atoms. The molecule has 0 radical (unpaired) electrons. The fourth-order valence-electron chi connectivity index (χ4n) is 3.94. The first kappa shape index (κ1) is 16.7. The third kappa shape index (κ3) is 3.47. The number of aryl methyl sites for hydroxylation is 2. The number of fused-ring (bicyclic) bond motifs is 1. The molecular weight excluding hydrogens is 318 g/mol. The van der Waals surface area contributed by atoms with Gasteiger partial charge in [-0.05, 0) is 38.8 Å². The van der Waals surface area contributed by atoms with Gasteiger partial charge in [-0.3, -0.25) is 9.88 Å². The van der Waals surface area contributed by atoms with E-state index < -0.39 is 0 Å². The minimum atomic E-state index is 0.0766. The first-order chi connectivity index (χ1) is 12.2. The Morgan fingerprint density at radius 2 is 2.24 bits per heavy atom. The van der Waals surface area contributed by atoms with Crippen LogP contribution in [0.4, 0.5) is 0 Å². The molecule has 2 aromatic heterocycles. The molecule has 0 aliphatic carbocycles. The third-order valence-corrected chi connectivity index (χ3v) is 5.30. The highest BCUT2D eigenvalue weighted by Gasteiger charge is 2.44. The molecule has 2 fully saturated rings. The molecule has 0 N–H and O–H groups in total. The molecule has 2 aliphatic heterocycles. The summed E-state index contributed by atoms with van der Waals surface area (Å²) in [4.78, 5) is 6.82. The van der Waals surface area contributed by atoms with E-state index >= 15 is 0 Å². The second kappa shape index (κ2) is 7.23. The van der Waals surface area contributed by atoms with Crippen LogP contribution in [0.15, 0.2) is 28.9 Å². The first-order valence-corrected chi connectivity index (χ1v) is 9.01. The summed E-state index contributed by atoms with van der Waals surface area (Å²) in [5.74, 6) is 0.906. The molecule has 0 amide bonds. The zero-order chi connectivity index (χ0) is 17.2. The minimum absolute atomic E-state index is 0.0766. The Labute approximate surface area is 148 Å². The molecule has 4 heterocycles. The number of pyridine rings is 1. The van der Waals surface area contributed by atoms with Crippen molar-refractivity contribution >= 4 is 0 Å². The van der Waals surface area contributed by atoms with Crippen molar-refractivity contribution in [2.45, 2.75) is 58.1 Å². The second-order valence-corrected chi connectivity index (χ2v) is 6.95. The molecule has 4 rings (SSSR count). The summed E-state index contributed by atoms with van der Waals surface area (Å²) in [6.07, 6.45) is 4.27. The fraction of sp³-hybridized carbons (Fsp3) is 0.579. The van der Waals surface area contributed by atoms with Crippen molar-refractivity contribution in [1.29, 1.82) is 0 Å². The van der Waals surface area contributed by atoms with Crippen LogP contribution in [-0.2, 0) is 22.6 Å². The van der Waals surface area contributed by atoms with Crippen LogP contribution in [0.1, 0.15) is 35.6 Å². The molecule has 25 heavy (non-hydrogen) atoms. The van der Waals surface area contributed by atoms with E-state index in [9.17, 15) is 0 Å². The van der Waals surface area contributed by atoms with E-state index in [0.29, 0.717) is 12.6 Å². The van der Waals surface area contributed by atoms with E-state index in [1.165, 1.54) is 5.56 Å². The van der Waals surface area contributed by atoms with Gasteiger partial charge in [-0.2, -0.15) is 0 Å². The average Bonchev–Trinajstić information content (AvgIpc) is 3.16. The van der Waals surface area contributed by atoms with Crippen LogP contribution in [0.3, 0.4) is 0 Å². The molecule has 2 saturated heterocycles. The molecule has 3 atom stereocenters. The maximum absolute atomic E-state index is 6.20. The number of ether oxygens (including phenoxy) is 2. The Kier molecular flexibility index (Phi) is 4.83. The van der Waals surface area contributed by atoms with Gasteiger partial charge >= 0.3 is 0 Å². The number of likely N-dealkylation sites (tertiary alicyclic amines) is 1. The van der Waals surface area contributed by atoms with Gasteiger partial charge in [-0.1, -0.05) is 11.2 Å². The van der Waals surface area contributed by atoms with Crippen molar-refractivity contribution in [2.24, 2.45) is 0 Å². The van der Waals surface area contributed by atoms with Crippen molar-refractivity contribution in [1.82, 2.24) is 15.0 Å². The highest BCUT2D eigenvalue weighted by atomic mass is 16.5. The van der Waals surface area contributed by atoms with Crippen LogP contribution in [0.2, 0.25) is 0 Å². The van der Waals surface area contributed by atoms with Crippen molar-refractivity contribution in [3.05, 3.63) is 47.1 Å². The summed E-state index contributed by atoms with van der Waals surface area (Å²) >= 11 is 0. The summed E-state index contributed by atoms with van der Waals surface area (Å²) in [7, 11) is 0. The van der Waals surface area contributed by atoms with Gasteiger partial charge in [0, 0.05) is 37.5 Å². The number of aromatic nitrogens is 2. The average molecular weight is 343 g/mol. The standard InChI is InChI=1S/C19H25N3O3/c1-13-16(14(2)25-21-13)10-22-11-18(19-17(22)7-5-9-23-19)24-12-15-6-3-4-8-20-15/h3-4,6,8,17-19H,5,7,9-12H2,1-2H3/t17-,18-,19+/m1/s1. The number of rotatable bonds is 5. The topological polar surface area (TPSA) is 60.6 Å². The Balaban J connectivity index is 1.46. The summed E-state index contributed by atoms with van der Waals surface area (Å²) < 4.78 is 17.6. The number of hydrogen-bond acceptors (Lipinski definition) is 6. The van der Waals surface area contributed by atoms with E-state index in [4.69, 9.17) is 14.0 Å². The molecule has 0 bridgehead atoms. The van der Waals surface area contributed by atoms with Crippen molar-refractivity contribution in [2.75, 3.05) is 13.2 Å². The van der Waals surface area contributed by atoms with Crippen LogP contribution in [0.25, 0.3) is 0 Å². The maximum atomic E-state index is 6.20. The van der Waals surface area contributed by atoms with E-state index in [-0.39, 0.29) is 12.2 Å². The summed E-state index contributed by atoms with van der Waals surface area (Å²) in [6.45, 7) is 7.05. The quantitative estimate of drug-likeness (QED) is 0.832. The molecule has 6 heteroatoms. The highest BCUT2D eigenvalue weighted by molar-refractivity contribution is 5.21. The zero-order valence-corrected chi connectivity index (χ0v) is 14.9. The molecule has 6 nitrogen and oxygen atoms in total. The summed E-state index contributed by atoms with van der Waals surface area (Å²) in [6, 6.07) is 6.31. The van der Waals surface area contributed by atoms with Crippen LogP contribution < -0.4 is 0 Å². The Morgan fingerprint density at radius 3 is 3.00 bits per heavy atom. The first-order valence-electron chi connectivity index (χ1n) is 9.01. The molecule has 0 saturated carbocycles. The normalized spacial score (nSPS) is 26.7. The van der Waals surface area contributed by atoms with E-state index in [1.807, 2.05) is 32.0 Å². The minimum Gasteiger partial charge on any atom is -0.374 e. The van der Waals surface area contributed by atoms with E-state index in [1.54, 1.807) is 6.20 Å². The van der Waals surface area contributed by atoms with Gasteiger partial charge in [0.25, 0.3) is 0 Å². The van der Waals surface area contributed by atoms with Gasteiger partial charge in [-0.15, -0.1) is 0 Å². The number of hydrogen-bond donors (Lipinski definition) is 0. The molecule has 0 unspecified atom stereocenters. The van der Waals surface area contributed by atoms with Crippen molar-refractivity contribution in [3.63, 3.8) is 0 Å². The van der Waals surface area contributed by atoms with Crippen molar-refractivity contribution < 1.29 is 14.0 Å². The van der Waals surface area contributed by atoms with E-state index in [2.05, 4.69) is 15.0 Å². The van der Waals surface area contributed by atoms with Crippen molar-refractivity contribution in [3.8, 4) is 0 Å². The van der Waals surface area contributed by atoms with Crippen LogP contribution in [0.5, 0.6) is 0 Å². The van der Waals surface area contributed by atoms with Gasteiger partial charge in [0.15, 0.2) is 0 Å². The Bertz CT molecular complexity index is 684. The Morgan fingerprint density at radius 1 is 1.32 bits per heavy atom. The highest BCUT2D eigenvalue weighted by Crippen LogP contribution is 2.33. The molecule has 2 aromatic rings. The smallest absolute Gasteiger partial charge is 0.138 e. The lowest BCUT2D eigenvalue weighted by Crippen LogP contribution is -2.41. The van der Waals surface area contributed by atoms with Crippen LogP contribution >= 0.6 is 0 Å². The van der Waals surface area contributed by atoms with Crippen LogP contribution in [0, 0.1) is 13.8 Å². The predicted octanol–water partition coefficient (Wildman–Crippen LogP) is 2.64.